The molecule has 14 heteroatoms. The molecule has 5 heterocycles. The number of anilines is 1. The average Bonchev–Trinajstić information content (AvgIpc) is 3.76. The predicted molar refractivity (Wildman–Crippen MR) is 159 cm³/mol. The first kappa shape index (κ1) is 28.9. The smallest absolute Gasteiger partial charge is 0.335 e. The monoisotopic (exact) mass is 626 g/mol. The van der Waals surface area contributed by atoms with Crippen LogP contribution in [-0.4, -0.2) is 72.1 Å². The van der Waals surface area contributed by atoms with Crippen molar-refractivity contribution in [3.8, 4) is 22.8 Å². The zero-order valence-corrected chi connectivity index (χ0v) is 25.0. The van der Waals surface area contributed by atoms with Gasteiger partial charge in [0.1, 0.15) is 5.69 Å². The summed E-state index contributed by atoms with van der Waals surface area (Å²) in [7, 11) is 0. The standard InChI is InChI=1S/C30H33ClF2N8O3/c1-16-5-7-17(8-6-16)15-41-25-20(36-29(41)40-10-9-39(28(42)26(32)33)22-3-2-4-23(22)40)12-21(27-37-30(43)44-38-27)35-24(25)18-11-19(31)14-34-13-18/h11-14,16-17,22-23,26H,2-10,15H2,1H3,(H,37,38,43)/t16?,17?,22-,23-/m0/s1. The molecular weight excluding hydrogens is 594 g/mol. The third-order valence-electron chi connectivity index (χ3n) is 9.49. The number of H-pyrrole nitrogens is 1. The van der Waals surface area contributed by atoms with Gasteiger partial charge in [0.2, 0.25) is 11.8 Å². The van der Waals surface area contributed by atoms with Crippen LogP contribution in [0.3, 0.4) is 0 Å². The molecule has 4 aromatic rings. The number of piperazine rings is 1. The highest BCUT2D eigenvalue weighted by Gasteiger charge is 2.45. The van der Waals surface area contributed by atoms with Crippen LogP contribution in [0, 0.1) is 11.8 Å². The fourth-order valence-corrected chi connectivity index (χ4v) is 7.53. The summed E-state index contributed by atoms with van der Waals surface area (Å²) in [5.74, 6) is 0.197. The van der Waals surface area contributed by atoms with Crippen LogP contribution in [0.5, 0.6) is 0 Å². The molecular formula is C30H33ClF2N8O3. The van der Waals surface area contributed by atoms with Crippen molar-refractivity contribution in [2.24, 2.45) is 11.8 Å². The van der Waals surface area contributed by atoms with E-state index in [-0.39, 0.29) is 24.5 Å². The highest BCUT2D eigenvalue weighted by atomic mass is 35.5. The Hall–Kier alpha value is -3.87. The topological polar surface area (TPSA) is 126 Å². The van der Waals surface area contributed by atoms with Crippen LogP contribution in [0.15, 0.2) is 33.8 Å². The number of halogens is 3. The second-order valence-corrected chi connectivity index (χ2v) is 12.7. The summed E-state index contributed by atoms with van der Waals surface area (Å²) in [6, 6.07) is 3.12. The maximum absolute atomic E-state index is 13.5. The van der Waals surface area contributed by atoms with E-state index in [9.17, 15) is 18.4 Å². The van der Waals surface area contributed by atoms with E-state index in [1.807, 2.05) is 0 Å². The number of pyridine rings is 2. The van der Waals surface area contributed by atoms with Gasteiger partial charge in [0.25, 0.3) is 5.91 Å². The number of carbonyl (C=O) groups is 1. The molecule has 11 nitrogen and oxygen atoms in total. The molecule has 3 aliphatic rings. The summed E-state index contributed by atoms with van der Waals surface area (Å²) >= 11 is 6.38. The number of nitrogens with one attached hydrogen (secondary N) is 1. The summed E-state index contributed by atoms with van der Waals surface area (Å²) in [6.07, 6.45) is 6.97. The average molecular weight is 627 g/mol. The van der Waals surface area contributed by atoms with Crippen molar-refractivity contribution in [2.45, 2.75) is 76.9 Å². The minimum Gasteiger partial charge on any atom is -0.335 e. The number of rotatable bonds is 6. The zero-order valence-electron chi connectivity index (χ0n) is 24.3. The van der Waals surface area contributed by atoms with E-state index in [0.29, 0.717) is 58.8 Å². The SMILES string of the molecule is CC1CCC(Cn2c(N3CCN(C(=O)C(F)F)[C@H]4CCC[C@@H]43)nc3cc(-c4noc(=O)[nH]4)nc(-c4cncc(Cl)c4)c32)CC1. The van der Waals surface area contributed by atoms with Gasteiger partial charge < -0.3 is 14.4 Å². The van der Waals surface area contributed by atoms with E-state index in [1.54, 1.807) is 24.5 Å². The molecule has 0 unspecified atom stereocenters. The van der Waals surface area contributed by atoms with Crippen LogP contribution < -0.4 is 10.7 Å². The number of hydrogen-bond acceptors (Lipinski definition) is 8. The zero-order chi connectivity index (χ0) is 30.5. The summed E-state index contributed by atoms with van der Waals surface area (Å²) in [4.78, 5) is 44.8. The van der Waals surface area contributed by atoms with Crippen LogP contribution in [0.1, 0.15) is 51.9 Å². The molecule has 3 fully saturated rings. The summed E-state index contributed by atoms with van der Waals surface area (Å²) in [5.41, 5.74) is 3.04. The minimum atomic E-state index is -3.03. The van der Waals surface area contributed by atoms with Crippen molar-refractivity contribution in [1.82, 2.24) is 34.6 Å². The Labute approximate surface area is 256 Å². The lowest BCUT2D eigenvalue weighted by Crippen LogP contribution is -2.60. The maximum atomic E-state index is 13.5. The first-order valence-corrected chi connectivity index (χ1v) is 15.6. The van der Waals surface area contributed by atoms with Gasteiger partial charge in [-0.2, -0.15) is 8.78 Å². The quantitative estimate of drug-likeness (QED) is 0.311. The van der Waals surface area contributed by atoms with Gasteiger partial charge in [-0.15, -0.1) is 0 Å². The third-order valence-corrected chi connectivity index (χ3v) is 9.70. The van der Waals surface area contributed by atoms with Gasteiger partial charge in [0.05, 0.1) is 33.8 Å². The molecule has 232 valence electrons. The predicted octanol–water partition coefficient (Wildman–Crippen LogP) is 5.15. The first-order chi connectivity index (χ1) is 21.3. The minimum absolute atomic E-state index is 0.135. The second-order valence-electron chi connectivity index (χ2n) is 12.3. The lowest BCUT2D eigenvalue weighted by Gasteiger charge is -2.45. The number of aromatic nitrogens is 6. The van der Waals surface area contributed by atoms with Crippen molar-refractivity contribution in [1.29, 1.82) is 0 Å². The number of hydrogen-bond donors (Lipinski definition) is 1. The van der Waals surface area contributed by atoms with E-state index in [4.69, 9.17) is 26.1 Å². The highest BCUT2D eigenvalue weighted by Crippen LogP contribution is 2.40. The normalized spacial score (nSPS) is 23.9. The molecule has 1 N–H and O–H groups in total. The third kappa shape index (κ3) is 5.24. The highest BCUT2D eigenvalue weighted by molar-refractivity contribution is 6.30. The number of aromatic amines is 1. The largest absolute Gasteiger partial charge is 0.439 e. The van der Waals surface area contributed by atoms with Gasteiger partial charge in [-0.3, -0.25) is 19.3 Å². The molecule has 4 aromatic heterocycles. The van der Waals surface area contributed by atoms with Crippen LogP contribution in [0.2, 0.25) is 5.02 Å². The Morgan fingerprint density at radius 2 is 1.89 bits per heavy atom. The Kier molecular flexibility index (Phi) is 7.59. The van der Waals surface area contributed by atoms with Crippen LogP contribution in [0.4, 0.5) is 14.7 Å². The molecule has 2 atom stereocenters. The molecule has 44 heavy (non-hydrogen) atoms. The molecule has 0 radical (unpaired) electrons. The van der Waals surface area contributed by atoms with Crippen molar-refractivity contribution in [3.63, 3.8) is 0 Å². The molecule has 0 bridgehead atoms. The summed E-state index contributed by atoms with van der Waals surface area (Å²) < 4.78 is 34.0. The first-order valence-electron chi connectivity index (χ1n) is 15.2. The molecule has 7 rings (SSSR count). The van der Waals surface area contributed by atoms with Gasteiger partial charge in [0, 0.05) is 37.6 Å². The Balaban J connectivity index is 1.40. The van der Waals surface area contributed by atoms with Crippen molar-refractivity contribution in [3.05, 3.63) is 40.1 Å². The molecule has 2 saturated carbocycles. The maximum Gasteiger partial charge on any atom is 0.439 e. The van der Waals surface area contributed by atoms with E-state index in [0.717, 1.165) is 50.0 Å². The summed E-state index contributed by atoms with van der Waals surface area (Å²) in [5, 5.41) is 4.30. The Bertz CT molecular complexity index is 1750. The second kappa shape index (κ2) is 11.6. The Morgan fingerprint density at radius 3 is 2.61 bits per heavy atom. The van der Waals surface area contributed by atoms with Crippen molar-refractivity contribution < 1.29 is 18.1 Å². The lowest BCUT2D eigenvalue weighted by molar-refractivity contribution is -0.146. The molecule has 2 aliphatic carbocycles. The van der Waals surface area contributed by atoms with Gasteiger partial charge in [-0.05, 0) is 56.1 Å². The van der Waals surface area contributed by atoms with Gasteiger partial charge in [0.15, 0.2) is 0 Å². The van der Waals surface area contributed by atoms with Crippen molar-refractivity contribution >= 4 is 34.5 Å². The fourth-order valence-electron chi connectivity index (χ4n) is 7.35. The molecule has 0 spiro atoms. The number of nitrogens with zero attached hydrogens (tertiary/aromatic N) is 7. The van der Waals surface area contributed by atoms with E-state index in [2.05, 4.69) is 31.5 Å². The number of amides is 1. The van der Waals surface area contributed by atoms with E-state index >= 15 is 0 Å². The molecule has 1 amide bonds. The van der Waals surface area contributed by atoms with Crippen LogP contribution in [-0.2, 0) is 11.3 Å². The summed E-state index contributed by atoms with van der Waals surface area (Å²) in [6.45, 7) is 3.58. The molecule has 0 aromatic carbocycles. The van der Waals surface area contributed by atoms with Gasteiger partial charge in [-0.25, -0.2) is 14.8 Å². The number of alkyl halides is 2. The number of imidazole rings is 1. The number of fused-ring (bicyclic) bond motifs is 2. The van der Waals surface area contributed by atoms with Gasteiger partial charge in [-0.1, -0.05) is 36.5 Å². The molecule has 1 saturated heterocycles. The number of carbonyl (C=O) groups excluding carboxylic acids is 1. The van der Waals surface area contributed by atoms with Crippen LogP contribution in [0.25, 0.3) is 33.8 Å². The van der Waals surface area contributed by atoms with E-state index < -0.39 is 18.1 Å². The fraction of sp³-hybridized carbons (Fsp3) is 0.533. The lowest BCUT2D eigenvalue weighted by atomic mass is 9.83. The van der Waals surface area contributed by atoms with Crippen LogP contribution >= 0.6 is 11.6 Å². The van der Waals surface area contributed by atoms with E-state index in [1.165, 1.54) is 4.90 Å². The van der Waals surface area contributed by atoms with Crippen molar-refractivity contribution in [2.75, 3.05) is 18.0 Å². The van der Waals surface area contributed by atoms with Gasteiger partial charge >= 0.3 is 12.2 Å². The molecule has 1 aliphatic heterocycles. The Morgan fingerprint density at radius 1 is 1.09 bits per heavy atom.